The normalized spacial score (nSPS) is 13.9. The summed E-state index contributed by atoms with van der Waals surface area (Å²) < 4.78 is 0. The molecule has 0 aromatic heterocycles. The number of aryl methyl sites for hydroxylation is 3. The molecular formula is C25H21ClN2O2S. The van der Waals surface area contributed by atoms with Crippen molar-refractivity contribution in [1.82, 2.24) is 0 Å². The van der Waals surface area contributed by atoms with Gasteiger partial charge in [-0.25, -0.2) is 4.90 Å². The Kier molecular flexibility index (Phi) is 5.90. The van der Waals surface area contributed by atoms with Gasteiger partial charge >= 0.3 is 0 Å². The number of hydrogen-bond donors (Lipinski definition) is 1. The van der Waals surface area contributed by atoms with Crippen molar-refractivity contribution in [3.63, 3.8) is 0 Å². The lowest BCUT2D eigenvalue weighted by atomic mass is 10.1. The molecule has 6 heteroatoms. The van der Waals surface area contributed by atoms with Gasteiger partial charge in [-0.3, -0.25) is 9.59 Å². The quantitative estimate of drug-likeness (QED) is 0.468. The molecule has 1 N–H and O–H groups in total. The Morgan fingerprint density at radius 1 is 0.806 bits per heavy atom. The number of amides is 2. The molecule has 3 aromatic rings. The van der Waals surface area contributed by atoms with E-state index < -0.39 is 0 Å². The predicted molar refractivity (Wildman–Crippen MR) is 128 cm³/mol. The molecule has 0 spiro atoms. The van der Waals surface area contributed by atoms with E-state index in [0.29, 0.717) is 15.6 Å². The van der Waals surface area contributed by atoms with Crippen LogP contribution in [0.15, 0.2) is 82.2 Å². The molecule has 156 valence electrons. The van der Waals surface area contributed by atoms with Crippen molar-refractivity contribution in [2.75, 3.05) is 10.2 Å². The number of carbonyl (C=O) groups is 2. The van der Waals surface area contributed by atoms with Crippen LogP contribution in [0.1, 0.15) is 16.7 Å². The molecule has 0 saturated heterocycles. The van der Waals surface area contributed by atoms with Crippen molar-refractivity contribution in [1.29, 1.82) is 0 Å². The topological polar surface area (TPSA) is 49.4 Å². The second-order valence-corrected chi connectivity index (χ2v) is 8.99. The fourth-order valence-electron chi connectivity index (χ4n) is 3.23. The Labute approximate surface area is 190 Å². The van der Waals surface area contributed by atoms with Crippen LogP contribution in [0.5, 0.6) is 0 Å². The maximum absolute atomic E-state index is 13.4. The minimum atomic E-state index is -0.372. The molecule has 31 heavy (non-hydrogen) atoms. The third kappa shape index (κ3) is 4.38. The summed E-state index contributed by atoms with van der Waals surface area (Å²) in [6.07, 6.45) is 0. The van der Waals surface area contributed by atoms with E-state index in [4.69, 9.17) is 11.6 Å². The van der Waals surface area contributed by atoms with Gasteiger partial charge in [-0.05, 0) is 80.4 Å². The van der Waals surface area contributed by atoms with Gasteiger partial charge in [0.25, 0.3) is 11.8 Å². The second kappa shape index (κ2) is 8.61. The van der Waals surface area contributed by atoms with Crippen LogP contribution in [0.25, 0.3) is 0 Å². The lowest BCUT2D eigenvalue weighted by molar-refractivity contribution is -0.120. The third-order valence-corrected chi connectivity index (χ3v) is 6.49. The van der Waals surface area contributed by atoms with Crippen LogP contribution >= 0.6 is 23.4 Å². The van der Waals surface area contributed by atoms with E-state index in [0.717, 1.165) is 27.3 Å². The van der Waals surface area contributed by atoms with Gasteiger partial charge in [0.05, 0.1) is 5.69 Å². The Morgan fingerprint density at radius 2 is 1.48 bits per heavy atom. The van der Waals surface area contributed by atoms with E-state index in [2.05, 4.69) is 5.32 Å². The van der Waals surface area contributed by atoms with Crippen LogP contribution in [-0.2, 0) is 9.59 Å². The number of benzene rings is 3. The molecule has 2 amide bonds. The van der Waals surface area contributed by atoms with Gasteiger partial charge in [-0.1, -0.05) is 47.1 Å². The summed E-state index contributed by atoms with van der Waals surface area (Å²) in [4.78, 5) is 29.1. The molecule has 1 heterocycles. The molecule has 3 aromatic carbocycles. The fourth-order valence-corrected chi connectivity index (χ4v) is 4.28. The third-order valence-electron chi connectivity index (χ3n) is 5.14. The zero-order valence-corrected chi connectivity index (χ0v) is 19.0. The molecular weight excluding hydrogens is 428 g/mol. The smallest absolute Gasteiger partial charge is 0.283 e. The van der Waals surface area contributed by atoms with Gasteiger partial charge in [0, 0.05) is 15.6 Å². The van der Waals surface area contributed by atoms with Crippen molar-refractivity contribution in [2.45, 2.75) is 25.7 Å². The average molecular weight is 449 g/mol. The van der Waals surface area contributed by atoms with Crippen LogP contribution < -0.4 is 10.2 Å². The molecule has 4 nitrogen and oxygen atoms in total. The van der Waals surface area contributed by atoms with Crippen molar-refractivity contribution < 1.29 is 9.59 Å². The first-order chi connectivity index (χ1) is 14.8. The minimum absolute atomic E-state index is 0.272. The molecule has 1 aliphatic rings. The van der Waals surface area contributed by atoms with Gasteiger partial charge in [0.1, 0.15) is 10.6 Å². The maximum atomic E-state index is 13.4. The van der Waals surface area contributed by atoms with E-state index in [9.17, 15) is 9.59 Å². The summed E-state index contributed by atoms with van der Waals surface area (Å²) in [7, 11) is 0. The van der Waals surface area contributed by atoms with Gasteiger partial charge in [-0.2, -0.15) is 0 Å². The number of rotatable bonds is 5. The van der Waals surface area contributed by atoms with E-state index in [1.807, 2.05) is 63.2 Å². The molecule has 0 unspecified atom stereocenters. The van der Waals surface area contributed by atoms with E-state index in [1.165, 1.54) is 16.7 Å². The molecule has 0 aliphatic carbocycles. The number of carbonyl (C=O) groups excluding carboxylic acids is 2. The first kappa shape index (κ1) is 21.2. The first-order valence-corrected chi connectivity index (χ1v) is 11.0. The number of thioether (sulfide) groups is 1. The van der Waals surface area contributed by atoms with Crippen molar-refractivity contribution in [3.8, 4) is 0 Å². The largest absolute Gasteiger partial charge is 0.350 e. The molecule has 0 atom stereocenters. The van der Waals surface area contributed by atoms with Gasteiger partial charge < -0.3 is 5.32 Å². The van der Waals surface area contributed by atoms with Crippen LogP contribution in [0.2, 0.25) is 5.02 Å². The summed E-state index contributed by atoms with van der Waals surface area (Å²) in [6.45, 7) is 6.01. The molecule has 0 radical (unpaired) electrons. The van der Waals surface area contributed by atoms with Crippen LogP contribution in [0, 0.1) is 20.8 Å². The fraction of sp³-hybridized carbons (Fsp3) is 0.120. The Balaban J connectivity index is 1.74. The Morgan fingerprint density at radius 3 is 2.13 bits per heavy atom. The SMILES string of the molecule is Cc1ccc(N2C(=O)C(Nc3ccc(C)c(C)c3)=C(Sc3ccc(Cl)cc3)C2=O)cc1. The highest BCUT2D eigenvalue weighted by Crippen LogP contribution is 2.38. The maximum Gasteiger partial charge on any atom is 0.283 e. The van der Waals surface area contributed by atoms with E-state index in [-0.39, 0.29) is 17.5 Å². The molecule has 0 fully saturated rings. The summed E-state index contributed by atoms with van der Waals surface area (Å²) in [5, 5.41) is 3.82. The van der Waals surface area contributed by atoms with E-state index in [1.54, 1.807) is 24.3 Å². The van der Waals surface area contributed by atoms with Crippen molar-refractivity contribution in [3.05, 3.63) is 99.0 Å². The van der Waals surface area contributed by atoms with Crippen molar-refractivity contribution in [2.24, 2.45) is 0 Å². The lowest BCUT2D eigenvalue weighted by Crippen LogP contribution is -2.32. The lowest BCUT2D eigenvalue weighted by Gasteiger charge is -2.15. The van der Waals surface area contributed by atoms with E-state index >= 15 is 0 Å². The zero-order chi connectivity index (χ0) is 22.1. The standard InChI is InChI=1S/C25H21ClN2O2S/c1-15-4-10-20(11-5-15)28-24(29)22(27-19-9-6-16(2)17(3)14-19)23(25(28)30)31-21-12-7-18(26)8-13-21/h4-14,27H,1-3H3. The number of hydrogen-bond acceptors (Lipinski definition) is 4. The van der Waals surface area contributed by atoms with Gasteiger partial charge in [0.2, 0.25) is 0 Å². The van der Waals surface area contributed by atoms with Gasteiger partial charge in [-0.15, -0.1) is 0 Å². The van der Waals surface area contributed by atoms with Gasteiger partial charge in [0.15, 0.2) is 0 Å². The molecule has 0 bridgehead atoms. The van der Waals surface area contributed by atoms with Crippen molar-refractivity contribution >= 4 is 46.6 Å². The Hall–Kier alpha value is -3.02. The highest BCUT2D eigenvalue weighted by molar-refractivity contribution is 8.04. The highest BCUT2D eigenvalue weighted by Gasteiger charge is 2.40. The summed E-state index contributed by atoms with van der Waals surface area (Å²) in [5.41, 5.74) is 4.90. The van der Waals surface area contributed by atoms with Crippen LogP contribution in [0.3, 0.4) is 0 Å². The molecule has 4 rings (SSSR count). The Bertz CT molecular complexity index is 1200. The zero-order valence-electron chi connectivity index (χ0n) is 17.4. The number of imide groups is 1. The summed E-state index contributed by atoms with van der Waals surface area (Å²) in [5.74, 6) is -0.719. The second-order valence-electron chi connectivity index (χ2n) is 7.47. The molecule has 0 saturated carbocycles. The number of nitrogens with zero attached hydrogens (tertiary/aromatic N) is 1. The summed E-state index contributed by atoms with van der Waals surface area (Å²) in [6, 6.07) is 20.4. The monoisotopic (exact) mass is 448 g/mol. The minimum Gasteiger partial charge on any atom is -0.350 e. The number of halogens is 1. The average Bonchev–Trinajstić information content (AvgIpc) is 2.97. The number of anilines is 2. The first-order valence-electron chi connectivity index (χ1n) is 9.81. The summed E-state index contributed by atoms with van der Waals surface area (Å²) >= 11 is 7.25. The molecule has 1 aliphatic heterocycles. The number of nitrogens with one attached hydrogen (secondary N) is 1. The van der Waals surface area contributed by atoms with Crippen LogP contribution in [0.4, 0.5) is 11.4 Å². The highest BCUT2D eigenvalue weighted by atomic mass is 35.5. The predicted octanol–water partition coefficient (Wildman–Crippen LogP) is 6.25. The van der Waals surface area contributed by atoms with Crippen LogP contribution in [-0.4, -0.2) is 11.8 Å².